The van der Waals surface area contributed by atoms with Crippen molar-refractivity contribution in [2.45, 2.75) is 52.0 Å². The monoisotopic (exact) mass is 237 g/mol. The zero-order valence-corrected chi connectivity index (χ0v) is 11.1. The van der Waals surface area contributed by atoms with E-state index in [0.717, 1.165) is 18.8 Å². The van der Waals surface area contributed by atoms with E-state index in [2.05, 4.69) is 34.6 Å². The van der Waals surface area contributed by atoms with Crippen molar-refractivity contribution in [1.82, 2.24) is 25.5 Å². The molecule has 0 aliphatic heterocycles. The van der Waals surface area contributed by atoms with Crippen LogP contribution >= 0.6 is 0 Å². The van der Waals surface area contributed by atoms with E-state index in [-0.39, 0.29) is 0 Å². The normalized spacial score (nSPS) is 19.1. The zero-order chi connectivity index (χ0) is 12.3. The second-order valence-corrected chi connectivity index (χ2v) is 5.61. The van der Waals surface area contributed by atoms with Gasteiger partial charge in [-0.2, -0.15) is 4.80 Å². The van der Waals surface area contributed by atoms with Crippen LogP contribution < -0.4 is 5.32 Å². The van der Waals surface area contributed by atoms with Crippen LogP contribution in [0.3, 0.4) is 0 Å². The Labute approximate surface area is 103 Å². The van der Waals surface area contributed by atoms with Crippen molar-refractivity contribution in [1.29, 1.82) is 0 Å². The molecular formula is C12H23N5. The molecule has 1 aliphatic carbocycles. The summed E-state index contributed by atoms with van der Waals surface area (Å²) in [6.07, 6.45) is 6.19. The van der Waals surface area contributed by atoms with Gasteiger partial charge in [0, 0.05) is 19.0 Å². The maximum Gasteiger partial charge on any atom is 0.175 e. The summed E-state index contributed by atoms with van der Waals surface area (Å²) in [4.78, 5) is 1.55. The molecule has 1 aromatic rings. The second-order valence-electron chi connectivity index (χ2n) is 5.61. The Morgan fingerprint density at radius 3 is 2.59 bits per heavy atom. The Bertz CT molecular complexity index is 352. The van der Waals surface area contributed by atoms with Crippen molar-refractivity contribution in [3.05, 3.63) is 5.82 Å². The maximum atomic E-state index is 4.31. The van der Waals surface area contributed by atoms with Crippen LogP contribution in [0.4, 0.5) is 0 Å². The van der Waals surface area contributed by atoms with Crippen LogP contribution in [0.1, 0.15) is 45.4 Å². The highest BCUT2D eigenvalue weighted by molar-refractivity contribution is 4.95. The molecule has 0 saturated heterocycles. The molecule has 0 unspecified atom stereocenters. The predicted molar refractivity (Wildman–Crippen MR) is 66.5 cm³/mol. The molecule has 1 aromatic heterocycles. The van der Waals surface area contributed by atoms with E-state index in [1.54, 1.807) is 4.80 Å². The van der Waals surface area contributed by atoms with Crippen LogP contribution in [0.25, 0.3) is 0 Å². The van der Waals surface area contributed by atoms with Crippen molar-refractivity contribution in [2.24, 2.45) is 12.5 Å². The third-order valence-corrected chi connectivity index (χ3v) is 3.63. The van der Waals surface area contributed by atoms with Gasteiger partial charge >= 0.3 is 0 Å². The standard InChI is InChI=1S/C12H23N5/c1-10(2)13-9-12(6-4-5-7-12)8-11-14-16-17(3)15-11/h10,13H,4-9H2,1-3H3. The van der Waals surface area contributed by atoms with Crippen LogP contribution in [0.15, 0.2) is 0 Å². The van der Waals surface area contributed by atoms with E-state index in [4.69, 9.17) is 0 Å². The summed E-state index contributed by atoms with van der Waals surface area (Å²) in [6.45, 7) is 5.47. The highest BCUT2D eigenvalue weighted by atomic mass is 15.6. The molecule has 1 heterocycles. The number of nitrogens with zero attached hydrogens (tertiary/aromatic N) is 4. The third-order valence-electron chi connectivity index (χ3n) is 3.63. The molecule has 0 spiro atoms. The molecule has 0 bridgehead atoms. The van der Waals surface area contributed by atoms with Crippen molar-refractivity contribution in [3.63, 3.8) is 0 Å². The first kappa shape index (κ1) is 12.5. The summed E-state index contributed by atoms with van der Waals surface area (Å²) in [5.41, 5.74) is 0.354. The van der Waals surface area contributed by atoms with E-state index < -0.39 is 0 Å². The van der Waals surface area contributed by atoms with Gasteiger partial charge in [-0.3, -0.25) is 0 Å². The van der Waals surface area contributed by atoms with Gasteiger partial charge in [-0.05, 0) is 23.5 Å². The number of rotatable bonds is 5. The van der Waals surface area contributed by atoms with Gasteiger partial charge in [-0.15, -0.1) is 10.2 Å². The van der Waals surface area contributed by atoms with Gasteiger partial charge in [0.15, 0.2) is 5.82 Å². The van der Waals surface area contributed by atoms with E-state index >= 15 is 0 Å². The molecule has 5 nitrogen and oxygen atoms in total. The molecular weight excluding hydrogens is 214 g/mol. The maximum absolute atomic E-state index is 4.31. The Balaban J connectivity index is 2.01. The van der Waals surface area contributed by atoms with Gasteiger partial charge in [0.1, 0.15) is 0 Å². The lowest BCUT2D eigenvalue weighted by Gasteiger charge is -2.29. The predicted octanol–water partition coefficient (Wildman–Crippen LogP) is 1.31. The number of tetrazole rings is 1. The quantitative estimate of drug-likeness (QED) is 0.839. The summed E-state index contributed by atoms with van der Waals surface area (Å²) >= 11 is 0. The summed E-state index contributed by atoms with van der Waals surface area (Å²) in [7, 11) is 1.82. The SMILES string of the molecule is CC(C)NCC1(Cc2nnn(C)n2)CCCC1. The average Bonchev–Trinajstić information content (AvgIpc) is 2.87. The molecule has 1 N–H and O–H groups in total. The smallest absolute Gasteiger partial charge is 0.175 e. The Kier molecular flexibility index (Phi) is 3.76. The molecule has 1 aliphatic rings. The molecule has 2 rings (SSSR count). The Morgan fingerprint density at radius 1 is 1.35 bits per heavy atom. The van der Waals surface area contributed by atoms with Gasteiger partial charge in [0.25, 0.3) is 0 Å². The molecule has 1 fully saturated rings. The minimum absolute atomic E-state index is 0.354. The first-order valence-corrected chi connectivity index (χ1v) is 6.56. The Morgan fingerprint density at radius 2 is 2.06 bits per heavy atom. The van der Waals surface area contributed by atoms with Gasteiger partial charge in [-0.1, -0.05) is 26.7 Å². The largest absolute Gasteiger partial charge is 0.314 e. The molecule has 5 heteroatoms. The molecule has 17 heavy (non-hydrogen) atoms. The molecule has 0 radical (unpaired) electrons. The number of hydrogen-bond acceptors (Lipinski definition) is 4. The molecule has 96 valence electrons. The van der Waals surface area contributed by atoms with Crippen LogP contribution in [0.5, 0.6) is 0 Å². The fourth-order valence-corrected chi connectivity index (χ4v) is 2.69. The highest BCUT2D eigenvalue weighted by Crippen LogP contribution is 2.39. The lowest BCUT2D eigenvalue weighted by atomic mass is 9.82. The zero-order valence-electron chi connectivity index (χ0n) is 11.1. The van der Waals surface area contributed by atoms with E-state index in [0.29, 0.717) is 11.5 Å². The van der Waals surface area contributed by atoms with Crippen molar-refractivity contribution >= 4 is 0 Å². The number of nitrogens with one attached hydrogen (secondary N) is 1. The summed E-state index contributed by atoms with van der Waals surface area (Å²) in [6, 6.07) is 0.544. The van der Waals surface area contributed by atoms with Crippen molar-refractivity contribution in [3.8, 4) is 0 Å². The van der Waals surface area contributed by atoms with Gasteiger partial charge in [-0.25, -0.2) is 0 Å². The minimum Gasteiger partial charge on any atom is -0.314 e. The van der Waals surface area contributed by atoms with Crippen LogP contribution in [-0.2, 0) is 13.5 Å². The Hall–Kier alpha value is -0.970. The van der Waals surface area contributed by atoms with Crippen LogP contribution in [0, 0.1) is 5.41 Å². The van der Waals surface area contributed by atoms with Gasteiger partial charge in [0.05, 0.1) is 7.05 Å². The molecule has 0 aromatic carbocycles. The average molecular weight is 237 g/mol. The highest BCUT2D eigenvalue weighted by Gasteiger charge is 2.35. The topological polar surface area (TPSA) is 55.6 Å². The van der Waals surface area contributed by atoms with E-state index in [9.17, 15) is 0 Å². The van der Waals surface area contributed by atoms with Gasteiger partial charge in [0.2, 0.25) is 0 Å². The molecule has 0 atom stereocenters. The number of aryl methyl sites for hydroxylation is 1. The lowest BCUT2D eigenvalue weighted by Crippen LogP contribution is -2.37. The first-order valence-electron chi connectivity index (χ1n) is 6.56. The minimum atomic E-state index is 0.354. The number of aromatic nitrogens is 4. The molecule has 1 saturated carbocycles. The summed E-state index contributed by atoms with van der Waals surface area (Å²) in [5, 5.41) is 15.9. The summed E-state index contributed by atoms with van der Waals surface area (Å²) < 4.78 is 0. The van der Waals surface area contributed by atoms with Crippen molar-refractivity contribution in [2.75, 3.05) is 6.54 Å². The fraction of sp³-hybridized carbons (Fsp3) is 0.917. The van der Waals surface area contributed by atoms with Crippen LogP contribution in [0.2, 0.25) is 0 Å². The summed E-state index contributed by atoms with van der Waals surface area (Å²) in [5.74, 6) is 0.889. The second kappa shape index (κ2) is 5.12. The first-order chi connectivity index (χ1) is 8.10. The lowest BCUT2D eigenvalue weighted by molar-refractivity contribution is 0.263. The third kappa shape index (κ3) is 3.25. The molecule has 0 amide bonds. The van der Waals surface area contributed by atoms with Gasteiger partial charge < -0.3 is 5.32 Å². The van der Waals surface area contributed by atoms with Crippen LogP contribution in [-0.4, -0.2) is 32.8 Å². The van der Waals surface area contributed by atoms with E-state index in [1.165, 1.54) is 25.7 Å². The van der Waals surface area contributed by atoms with E-state index in [1.807, 2.05) is 7.05 Å². The van der Waals surface area contributed by atoms with Crippen molar-refractivity contribution < 1.29 is 0 Å². The fourth-order valence-electron chi connectivity index (χ4n) is 2.69. The number of hydrogen-bond donors (Lipinski definition) is 1.